The Morgan fingerprint density at radius 2 is 1.79 bits per heavy atom. The summed E-state index contributed by atoms with van der Waals surface area (Å²) >= 11 is 12.3. The van der Waals surface area contributed by atoms with Gasteiger partial charge in [-0.2, -0.15) is 0 Å². The van der Waals surface area contributed by atoms with Gasteiger partial charge in [0.05, 0.1) is 10.0 Å². The molecule has 1 N–H and O–H groups in total. The minimum absolute atomic E-state index is 0.504. The van der Waals surface area contributed by atoms with Crippen LogP contribution in [0.25, 0.3) is 11.1 Å². The molecule has 19 heavy (non-hydrogen) atoms. The highest BCUT2D eigenvalue weighted by Crippen LogP contribution is 2.34. The lowest BCUT2D eigenvalue weighted by Gasteiger charge is -2.12. The Bertz CT molecular complexity index is 572. The number of hydrogen-bond acceptors (Lipinski definition) is 1. The van der Waals surface area contributed by atoms with E-state index in [0.29, 0.717) is 16.1 Å². The molecule has 98 valence electrons. The SMILES string of the molecule is Clc1cccc(-c2ccc(C3CCCN3)cc2)c1Cl. The van der Waals surface area contributed by atoms with Crippen molar-refractivity contribution >= 4 is 23.2 Å². The van der Waals surface area contributed by atoms with Crippen LogP contribution in [0.2, 0.25) is 10.0 Å². The van der Waals surface area contributed by atoms with Gasteiger partial charge >= 0.3 is 0 Å². The molecule has 2 aromatic carbocycles. The smallest absolute Gasteiger partial charge is 0.0670 e. The van der Waals surface area contributed by atoms with Gasteiger partial charge in [0.15, 0.2) is 0 Å². The number of benzene rings is 2. The molecule has 3 heteroatoms. The molecule has 0 spiro atoms. The topological polar surface area (TPSA) is 12.0 Å². The third-order valence-electron chi connectivity index (χ3n) is 3.64. The molecule has 1 aliphatic rings. The van der Waals surface area contributed by atoms with Gasteiger partial charge in [-0.15, -0.1) is 0 Å². The predicted octanol–water partition coefficient (Wildman–Crippen LogP) is 5.08. The molecule has 0 aliphatic carbocycles. The van der Waals surface area contributed by atoms with Gasteiger partial charge in [0, 0.05) is 11.6 Å². The lowest BCUT2D eigenvalue weighted by Crippen LogP contribution is -2.12. The fourth-order valence-electron chi connectivity index (χ4n) is 2.59. The van der Waals surface area contributed by atoms with E-state index in [4.69, 9.17) is 23.2 Å². The van der Waals surface area contributed by atoms with Crippen molar-refractivity contribution in [3.63, 3.8) is 0 Å². The fourth-order valence-corrected chi connectivity index (χ4v) is 3.00. The van der Waals surface area contributed by atoms with Crippen molar-refractivity contribution in [3.05, 3.63) is 58.1 Å². The Balaban J connectivity index is 1.91. The van der Waals surface area contributed by atoms with Crippen LogP contribution >= 0.6 is 23.2 Å². The van der Waals surface area contributed by atoms with Crippen LogP contribution in [-0.4, -0.2) is 6.54 Å². The van der Waals surface area contributed by atoms with Gasteiger partial charge in [-0.25, -0.2) is 0 Å². The Labute approximate surface area is 123 Å². The van der Waals surface area contributed by atoms with Crippen molar-refractivity contribution in [2.75, 3.05) is 6.54 Å². The second-order valence-corrected chi connectivity index (χ2v) is 5.66. The van der Waals surface area contributed by atoms with E-state index in [1.54, 1.807) is 0 Å². The zero-order chi connectivity index (χ0) is 13.2. The van der Waals surface area contributed by atoms with E-state index in [-0.39, 0.29) is 0 Å². The molecule has 2 aromatic rings. The van der Waals surface area contributed by atoms with Gasteiger partial charge < -0.3 is 5.32 Å². The maximum atomic E-state index is 6.25. The largest absolute Gasteiger partial charge is 0.310 e. The molecule has 3 rings (SSSR count). The molecule has 1 unspecified atom stereocenters. The standard InChI is InChI=1S/C16H15Cl2N/c17-14-4-1-3-13(16(14)18)11-6-8-12(9-7-11)15-5-2-10-19-15/h1,3-4,6-9,15,19H,2,5,10H2. The molecule has 1 aliphatic heterocycles. The van der Waals surface area contributed by atoms with Gasteiger partial charge in [-0.3, -0.25) is 0 Å². The third kappa shape index (κ3) is 2.64. The van der Waals surface area contributed by atoms with E-state index in [2.05, 4.69) is 29.6 Å². The van der Waals surface area contributed by atoms with Crippen LogP contribution in [0.1, 0.15) is 24.4 Å². The lowest BCUT2D eigenvalue weighted by atomic mass is 10.00. The van der Waals surface area contributed by atoms with Crippen molar-refractivity contribution in [3.8, 4) is 11.1 Å². The summed E-state index contributed by atoms with van der Waals surface area (Å²) < 4.78 is 0. The summed E-state index contributed by atoms with van der Waals surface area (Å²) in [6.45, 7) is 1.12. The Hall–Kier alpha value is -1.02. The second kappa shape index (κ2) is 5.54. The van der Waals surface area contributed by atoms with Crippen LogP contribution in [0.4, 0.5) is 0 Å². The van der Waals surface area contributed by atoms with E-state index >= 15 is 0 Å². The summed E-state index contributed by atoms with van der Waals surface area (Å²) in [7, 11) is 0. The summed E-state index contributed by atoms with van der Waals surface area (Å²) in [6, 6.07) is 14.8. The molecular weight excluding hydrogens is 277 g/mol. The van der Waals surface area contributed by atoms with E-state index in [1.165, 1.54) is 18.4 Å². The first-order valence-corrected chi connectivity index (χ1v) is 7.29. The van der Waals surface area contributed by atoms with E-state index in [9.17, 15) is 0 Å². The first kappa shape index (κ1) is 13.0. The van der Waals surface area contributed by atoms with E-state index in [0.717, 1.165) is 17.7 Å². The Morgan fingerprint density at radius 1 is 1.00 bits per heavy atom. The highest BCUT2D eigenvalue weighted by atomic mass is 35.5. The Kier molecular flexibility index (Phi) is 3.79. The van der Waals surface area contributed by atoms with Crippen LogP contribution in [-0.2, 0) is 0 Å². The minimum atomic E-state index is 0.504. The van der Waals surface area contributed by atoms with Crippen LogP contribution in [0.5, 0.6) is 0 Å². The minimum Gasteiger partial charge on any atom is -0.310 e. The molecule has 1 fully saturated rings. The molecular formula is C16H15Cl2N. The van der Waals surface area contributed by atoms with Gasteiger partial charge in [0.25, 0.3) is 0 Å². The number of hydrogen-bond donors (Lipinski definition) is 1. The highest BCUT2D eigenvalue weighted by Gasteiger charge is 2.16. The Morgan fingerprint density at radius 3 is 2.47 bits per heavy atom. The zero-order valence-corrected chi connectivity index (χ0v) is 12.0. The first-order chi connectivity index (χ1) is 9.25. The normalized spacial score (nSPS) is 18.7. The van der Waals surface area contributed by atoms with Gasteiger partial charge in [0.1, 0.15) is 0 Å². The third-order valence-corrected chi connectivity index (χ3v) is 4.45. The fraction of sp³-hybridized carbons (Fsp3) is 0.250. The van der Waals surface area contributed by atoms with Gasteiger partial charge in [-0.05, 0) is 36.6 Å². The predicted molar refractivity (Wildman–Crippen MR) is 81.9 cm³/mol. The monoisotopic (exact) mass is 291 g/mol. The zero-order valence-electron chi connectivity index (χ0n) is 10.5. The average Bonchev–Trinajstić information content (AvgIpc) is 2.96. The molecule has 1 saturated heterocycles. The molecule has 0 saturated carbocycles. The summed E-state index contributed by atoms with van der Waals surface area (Å²) in [5.41, 5.74) is 3.44. The summed E-state index contributed by atoms with van der Waals surface area (Å²) in [5, 5.41) is 4.72. The van der Waals surface area contributed by atoms with Crippen molar-refractivity contribution in [2.45, 2.75) is 18.9 Å². The molecule has 0 aromatic heterocycles. The number of halogens is 2. The lowest BCUT2D eigenvalue weighted by molar-refractivity contribution is 0.648. The quantitative estimate of drug-likeness (QED) is 0.813. The molecule has 0 bridgehead atoms. The van der Waals surface area contributed by atoms with Crippen LogP contribution in [0.15, 0.2) is 42.5 Å². The van der Waals surface area contributed by atoms with Gasteiger partial charge in [-0.1, -0.05) is 59.6 Å². The maximum Gasteiger partial charge on any atom is 0.0670 e. The van der Waals surface area contributed by atoms with Crippen molar-refractivity contribution < 1.29 is 0 Å². The van der Waals surface area contributed by atoms with Crippen molar-refractivity contribution in [1.82, 2.24) is 5.32 Å². The summed E-state index contributed by atoms with van der Waals surface area (Å²) in [6.07, 6.45) is 2.48. The molecule has 1 heterocycles. The maximum absolute atomic E-state index is 6.25. The number of rotatable bonds is 2. The summed E-state index contributed by atoms with van der Waals surface area (Å²) in [4.78, 5) is 0. The molecule has 1 atom stereocenters. The van der Waals surface area contributed by atoms with Crippen molar-refractivity contribution in [1.29, 1.82) is 0 Å². The molecule has 0 amide bonds. The van der Waals surface area contributed by atoms with Crippen LogP contribution < -0.4 is 5.32 Å². The highest BCUT2D eigenvalue weighted by molar-refractivity contribution is 6.43. The second-order valence-electron chi connectivity index (χ2n) is 4.87. The first-order valence-electron chi connectivity index (χ1n) is 6.53. The van der Waals surface area contributed by atoms with E-state index < -0.39 is 0 Å². The number of nitrogens with one attached hydrogen (secondary N) is 1. The average molecular weight is 292 g/mol. The van der Waals surface area contributed by atoms with Crippen LogP contribution in [0, 0.1) is 0 Å². The van der Waals surface area contributed by atoms with Crippen LogP contribution in [0.3, 0.4) is 0 Å². The summed E-state index contributed by atoms with van der Waals surface area (Å²) in [5.74, 6) is 0. The van der Waals surface area contributed by atoms with Crippen molar-refractivity contribution in [2.24, 2.45) is 0 Å². The van der Waals surface area contributed by atoms with E-state index in [1.807, 2.05) is 18.2 Å². The molecule has 0 radical (unpaired) electrons. The van der Waals surface area contributed by atoms with Gasteiger partial charge in [0.2, 0.25) is 0 Å². The molecule has 1 nitrogen and oxygen atoms in total.